The van der Waals surface area contributed by atoms with E-state index in [2.05, 4.69) is 0 Å². The minimum Gasteiger partial charge on any atom is -0.433 e. The second-order valence-corrected chi connectivity index (χ2v) is 6.71. The molecule has 4 nitrogen and oxygen atoms in total. The first-order chi connectivity index (χ1) is 13.1. The third-order valence-electron chi connectivity index (χ3n) is 4.48. The maximum Gasteiger partial charge on any atom is 0.340 e. The number of hydrogen-bond donors (Lipinski definition) is 0. The van der Waals surface area contributed by atoms with Crippen molar-refractivity contribution in [1.29, 1.82) is 0 Å². The summed E-state index contributed by atoms with van der Waals surface area (Å²) in [6.45, 7) is 0.349. The average molecular weight is 378 g/mol. The highest BCUT2D eigenvalue weighted by Crippen LogP contribution is 2.36. The summed E-state index contributed by atoms with van der Waals surface area (Å²) in [6.07, 6.45) is -0.777. The highest BCUT2D eigenvalue weighted by atomic mass is 35.5. The molecule has 1 atom stereocenters. The molecule has 27 heavy (non-hydrogen) atoms. The van der Waals surface area contributed by atoms with E-state index in [1.54, 1.807) is 41.3 Å². The molecule has 1 heterocycles. The van der Waals surface area contributed by atoms with Crippen molar-refractivity contribution in [2.24, 2.45) is 0 Å². The van der Waals surface area contributed by atoms with Gasteiger partial charge in [0.15, 0.2) is 0 Å². The van der Waals surface area contributed by atoms with Gasteiger partial charge in [-0.05, 0) is 29.8 Å². The van der Waals surface area contributed by atoms with Gasteiger partial charge in [-0.15, -0.1) is 0 Å². The van der Waals surface area contributed by atoms with Gasteiger partial charge in [0.05, 0.1) is 5.56 Å². The highest BCUT2D eigenvalue weighted by Gasteiger charge is 2.39. The second kappa shape index (κ2) is 7.25. The van der Waals surface area contributed by atoms with Gasteiger partial charge in [-0.1, -0.05) is 66.2 Å². The van der Waals surface area contributed by atoms with Gasteiger partial charge in [0.2, 0.25) is 6.23 Å². The fourth-order valence-electron chi connectivity index (χ4n) is 3.18. The Balaban J connectivity index is 1.66. The van der Waals surface area contributed by atoms with Crippen LogP contribution in [0.25, 0.3) is 0 Å². The van der Waals surface area contributed by atoms with Crippen molar-refractivity contribution in [2.45, 2.75) is 12.8 Å². The Hall–Kier alpha value is -3.11. The highest BCUT2D eigenvalue weighted by molar-refractivity contribution is 6.30. The number of rotatable bonds is 4. The van der Waals surface area contributed by atoms with Gasteiger partial charge in [-0.3, -0.25) is 9.69 Å². The lowest BCUT2D eigenvalue weighted by Crippen LogP contribution is -2.30. The summed E-state index contributed by atoms with van der Waals surface area (Å²) in [5.74, 6) is -0.677. The molecule has 0 saturated heterocycles. The van der Waals surface area contributed by atoms with Crippen molar-refractivity contribution in [2.75, 3.05) is 0 Å². The average Bonchev–Trinajstić information content (AvgIpc) is 2.95. The molecule has 0 N–H and O–H groups in total. The number of ether oxygens (including phenoxy) is 1. The van der Waals surface area contributed by atoms with Gasteiger partial charge >= 0.3 is 5.97 Å². The number of carbonyl (C=O) groups excluding carboxylic acids is 2. The van der Waals surface area contributed by atoms with Crippen LogP contribution in [0.15, 0.2) is 78.9 Å². The number of amides is 1. The molecule has 0 radical (unpaired) electrons. The SMILES string of the molecule is O=C(O[C@@H]1c2ccccc2C(=O)N1Cc1ccccc1)c1cccc(Cl)c1. The van der Waals surface area contributed by atoms with E-state index < -0.39 is 12.2 Å². The first kappa shape index (κ1) is 17.3. The fourth-order valence-corrected chi connectivity index (χ4v) is 3.37. The molecule has 0 aromatic heterocycles. The molecule has 134 valence electrons. The van der Waals surface area contributed by atoms with Crippen molar-refractivity contribution < 1.29 is 14.3 Å². The van der Waals surface area contributed by atoms with Crippen LogP contribution in [0, 0.1) is 0 Å². The Labute approximate surface area is 161 Å². The lowest BCUT2D eigenvalue weighted by molar-refractivity contribution is -0.0211. The van der Waals surface area contributed by atoms with Crippen molar-refractivity contribution >= 4 is 23.5 Å². The number of benzene rings is 3. The largest absolute Gasteiger partial charge is 0.433 e. The van der Waals surface area contributed by atoms with Gasteiger partial charge in [0.25, 0.3) is 5.91 Å². The summed E-state index contributed by atoms with van der Waals surface area (Å²) in [5, 5.41) is 0.452. The van der Waals surface area contributed by atoms with Gasteiger partial charge in [0, 0.05) is 22.7 Å². The van der Waals surface area contributed by atoms with Crippen LogP contribution in [0.5, 0.6) is 0 Å². The summed E-state index contributed by atoms with van der Waals surface area (Å²) < 4.78 is 5.74. The van der Waals surface area contributed by atoms with Crippen molar-refractivity contribution in [3.05, 3.63) is 106 Å². The maximum atomic E-state index is 12.9. The minimum atomic E-state index is -0.777. The molecule has 0 fully saturated rings. The normalized spacial score (nSPS) is 15.5. The first-order valence-corrected chi connectivity index (χ1v) is 8.91. The van der Waals surface area contributed by atoms with Crippen molar-refractivity contribution in [3.63, 3.8) is 0 Å². The summed E-state index contributed by atoms with van der Waals surface area (Å²) in [5.41, 5.74) is 2.55. The van der Waals surface area contributed by atoms with E-state index in [1.807, 2.05) is 42.5 Å². The number of nitrogens with zero attached hydrogens (tertiary/aromatic N) is 1. The lowest BCUT2D eigenvalue weighted by Gasteiger charge is -2.25. The molecule has 5 heteroatoms. The van der Waals surface area contributed by atoms with E-state index in [1.165, 1.54) is 0 Å². The molecule has 1 amide bonds. The quantitative estimate of drug-likeness (QED) is 0.610. The topological polar surface area (TPSA) is 46.6 Å². The molecular formula is C22H16ClNO3. The second-order valence-electron chi connectivity index (χ2n) is 6.27. The minimum absolute atomic E-state index is 0.154. The fraction of sp³-hybridized carbons (Fsp3) is 0.0909. The van der Waals surface area contributed by atoms with Crippen LogP contribution in [0.1, 0.15) is 38.1 Å². The molecule has 1 aliphatic rings. The van der Waals surface area contributed by atoms with Gasteiger partial charge < -0.3 is 4.74 Å². The number of fused-ring (bicyclic) bond motifs is 1. The molecule has 0 spiro atoms. The molecule has 1 aliphatic heterocycles. The van der Waals surface area contributed by atoms with Gasteiger partial charge in [-0.2, -0.15) is 0 Å². The van der Waals surface area contributed by atoms with E-state index >= 15 is 0 Å². The molecule has 0 bridgehead atoms. The summed E-state index contributed by atoms with van der Waals surface area (Å²) in [4.78, 5) is 27.1. The third kappa shape index (κ3) is 3.44. The van der Waals surface area contributed by atoms with Crippen LogP contribution in [0.3, 0.4) is 0 Å². The molecule has 4 rings (SSSR count). The predicted molar refractivity (Wildman–Crippen MR) is 102 cm³/mol. The van der Waals surface area contributed by atoms with Gasteiger partial charge in [0.1, 0.15) is 0 Å². The van der Waals surface area contributed by atoms with E-state index in [4.69, 9.17) is 16.3 Å². The van der Waals surface area contributed by atoms with Crippen LogP contribution in [-0.4, -0.2) is 16.8 Å². The van der Waals surface area contributed by atoms with Crippen LogP contribution in [0.4, 0.5) is 0 Å². The standard InChI is InChI=1S/C22H16ClNO3/c23-17-10-6-9-16(13-17)22(26)27-21-19-12-5-4-11-18(19)20(25)24(21)14-15-7-2-1-3-8-15/h1-13,21H,14H2/t21-/m1/s1. The van der Waals surface area contributed by atoms with E-state index in [9.17, 15) is 9.59 Å². The number of carbonyl (C=O) groups is 2. The number of hydrogen-bond acceptors (Lipinski definition) is 3. The van der Waals surface area contributed by atoms with Crippen LogP contribution < -0.4 is 0 Å². The molecule has 0 aliphatic carbocycles. The maximum absolute atomic E-state index is 12.9. The Kier molecular flexibility index (Phi) is 4.65. The molecule has 0 saturated carbocycles. The Morgan fingerprint density at radius 1 is 0.963 bits per heavy atom. The summed E-state index contributed by atoms with van der Waals surface area (Å²) in [7, 11) is 0. The van der Waals surface area contributed by atoms with Crippen LogP contribution in [0.2, 0.25) is 5.02 Å². The van der Waals surface area contributed by atoms with E-state index in [0.29, 0.717) is 28.3 Å². The zero-order valence-electron chi connectivity index (χ0n) is 14.3. The molecule has 3 aromatic carbocycles. The zero-order valence-corrected chi connectivity index (χ0v) is 15.1. The zero-order chi connectivity index (χ0) is 18.8. The van der Waals surface area contributed by atoms with E-state index in [-0.39, 0.29) is 5.91 Å². The third-order valence-corrected chi connectivity index (χ3v) is 4.71. The molecule has 3 aromatic rings. The monoisotopic (exact) mass is 377 g/mol. The lowest BCUT2D eigenvalue weighted by atomic mass is 10.1. The Bertz CT molecular complexity index is 1000. The Morgan fingerprint density at radius 3 is 2.48 bits per heavy atom. The summed E-state index contributed by atoms with van der Waals surface area (Å²) >= 11 is 5.97. The Morgan fingerprint density at radius 2 is 1.70 bits per heavy atom. The van der Waals surface area contributed by atoms with Crippen molar-refractivity contribution in [3.8, 4) is 0 Å². The van der Waals surface area contributed by atoms with Crippen LogP contribution in [-0.2, 0) is 11.3 Å². The van der Waals surface area contributed by atoms with Crippen molar-refractivity contribution in [1.82, 2.24) is 4.90 Å². The number of halogens is 1. The smallest absolute Gasteiger partial charge is 0.340 e. The van der Waals surface area contributed by atoms with E-state index in [0.717, 1.165) is 5.56 Å². The van der Waals surface area contributed by atoms with Gasteiger partial charge in [-0.25, -0.2) is 4.79 Å². The predicted octanol–water partition coefficient (Wildman–Crippen LogP) is 4.85. The summed E-state index contributed by atoms with van der Waals surface area (Å²) in [6, 6.07) is 23.4. The molecule has 0 unspecified atom stereocenters. The van der Waals surface area contributed by atoms with Crippen LogP contribution >= 0.6 is 11.6 Å². The molecular weight excluding hydrogens is 362 g/mol. The number of esters is 1. The first-order valence-electron chi connectivity index (χ1n) is 8.54.